The maximum absolute atomic E-state index is 6.09. The summed E-state index contributed by atoms with van der Waals surface area (Å²) in [4.78, 5) is 1.35. The number of hydrogen-bond acceptors (Lipinski definition) is 3. The molecule has 0 aliphatic rings. The number of hydrogen-bond donors (Lipinski definition) is 2. The Kier molecular flexibility index (Phi) is 3.18. The Hall–Kier alpha value is -1.13. The van der Waals surface area contributed by atoms with E-state index in [1.54, 1.807) is 11.3 Å². The van der Waals surface area contributed by atoms with Gasteiger partial charge in [0.1, 0.15) is 0 Å². The van der Waals surface area contributed by atoms with Gasteiger partial charge >= 0.3 is 0 Å². The second-order valence-corrected chi connectivity index (χ2v) is 4.80. The number of nitrogens with zero attached hydrogens (tertiary/aromatic N) is 1. The monoisotopic (exact) mass is 221 g/mol. The molecule has 0 fully saturated rings. The fourth-order valence-corrected chi connectivity index (χ4v) is 2.42. The topological polar surface area (TPSA) is 54.7 Å². The highest BCUT2D eigenvalue weighted by molar-refractivity contribution is 7.09. The first-order chi connectivity index (χ1) is 7.25. The van der Waals surface area contributed by atoms with E-state index in [0.717, 1.165) is 18.5 Å². The molecule has 0 saturated heterocycles. The Labute approximate surface area is 93.3 Å². The van der Waals surface area contributed by atoms with Crippen molar-refractivity contribution in [1.82, 2.24) is 10.2 Å². The van der Waals surface area contributed by atoms with Gasteiger partial charge in [0.05, 0.1) is 6.20 Å². The van der Waals surface area contributed by atoms with E-state index in [9.17, 15) is 0 Å². The Morgan fingerprint density at radius 2 is 2.40 bits per heavy atom. The van der Waals surface area contributed by atoms with Crippen LogP contribution in [0.3, 0.4) is 0 Å². The van der Waals surface area contributed by atoms with Crippen molar-refractivity contribution in [1.29, 1.82) is 0 Å². The first-order valence-electron chi connectivity index (χ1n) is 5.02. The van der Waals surface area contributed by atoms with Crippen molar-refractivity contribution in [2.75, 3.05) is 0 Å². The van der Waals surface area contributed by atoms with Crippen LogP contribution in [-0.4, -0.2) is 16.2 Å². The zero-order chi connectivity index (χ0) is 10.7. The number of H-pyrrole nitrogens is 1. The second kappa shape index (κ2) is 4.59. The van der Waals surface area contributed by atoms with E-state index >= 15 is 0 Å². The molecule has 2 heterocycles. The van der Waals surface area contributed by atoms with E-state index in [1.807, 2.05) is 13.1 Å². The summed E-state index contributed by atoms with van der Waals surface area (Å²) in [6.45, 7) is 2.03. The highest BCUT2D eigenvalue weighted by Gasteiger charge is 2.08. The molecular formula is C11H15N3S. The molecule has 3 N–H and O–H groups in total. The molecule has 0 aromatic carbocycles. The van der Waals surface area contributed by atoms with Crippen LogP contribution in [0.25, 0.3) is 0 Å². The third-order valence-electron chi connectivity index (χ3n) is 2.46. The molecule has 15 heavy (non-hydrogen) atoms. The van der Waals surface area contributed by atoms with E-state index < -0.39 is 0 Å². The third kappa shape index (κ3) is 2.67. The zero-order valence-corrected chi connectivity index (χ0v) is 9.55. The molecule has 2 aromatic rings. The highest BCUT2D eigenvalue weighted by atomic mass is 32.1. The third-order valence-corrected chi connectivity index (χ3v) is 3.36. The quantitative estimate of drug-likeness (QED) is 0.828. The van der Waals surface area contributed by atoms with Crippen LogP contribution < -0.4 is 5.73 Å². The van der Waals surface area contributed by atoms with Crippen molar-refractivity contribution in [2.45, 2.75) is 25.8 Å². The van der Waals surface area contributed by atoms with Gasteiger partial charge in [-0.3, -0.25) is 5.10 Å². The molecule has 4 heteroatoms. The van der Waals surface area contributed by atoms with Gasteiger partial charge in [-0.2, -0.15) is 5.10 Å². The van der Waals surface area contributed by atoms with Crippen LogP contribution in [0.4, 0.5) is 0 Å². The number of thiophene rings is 1. The van der Waals surface area contributed by atoms with Crippen LogP contribution in [0, 0.1) is 6.92 Å². The van der Waals surface area contributed by atoms with E-state index in [0.29, 0.717) is 0 Å². The summed E-state index contributed by atoms with van der Waals surface area (Å²) in [5.41, 5.74) is 8.43. The Morgan fingerprint density at radius 1 is 1.53 bits per heavy atom. The molecule has 1 atom stereocenters. The van der Waals surface area contributed by atoms with Crippen molar-refractivity contribution in [3.63, 3.8) is 0 Å². The average molecular weight is 221 g/mol. The molecule has 3 nitrogen and oxygen atoms in total. The molecule has 0 saturated carbocycles. The van der Waals surface area contributed by atoms with Crippen molar-refractivity contribution in [3.8, 4) is 0 Å². The van der Waals surface area contributed by atoms with Crippen LogP contribution in [-0.2, 0) is 12.8 Å². The van der Waals surface area contributed by atoms with Crippen molar-refractivity contribution < 1.29 is 0 Å². The van der Waals surface area contributed by atoms with Crippen LogP contribution in [0.5, 0.6) is 0 Å². The summed E-state index contributed by atoms with van der Waals surface area (Å²) in [6.07, 6.45) is 3.70. The summed E-state index contributed by atoms with van der Waals surface area (Å²) in [5, 5.41) is 9.01. The molecule has 0 radical (unpaired) electrons. The minimum atomic E-state index is 0.181. The number of rotatable bonds is 4. The number of aromatic nitrogens is 2. The molecule has 0 spiro atoms. The SMILES string of the molecule is Cc1[nH]ncc1CC(N)Cc1cccs1. The molecule has 2 rings (SSSR count). The van der Waals surface area contributed by atoms with Gasteiger partial charge in [0.25, 0.3) is 0 Å². The molecular weight excluding hydrogens is 206 g/mol. The number of aryl methyl sites for hydroxylation is 1. The van der Waals surface area contributed by atoms with Gasteiger partial charge in [0.15, 0.2) is 0 Å². The van der Waals surface area contributed by atoms with Gasteiger partial charge in [-0.05, 0) is 36.8 Å². The van der Waals surface area contributed by atoms with Crippen LogP contribution in [0.15, 0.2) is 23.7 Å². The first kappa shape index (κ1) is 10.4. The lowest BCUT2D eigenvalue weighted by Gasteiger charge is -2.09. The predicted molar refractivity (Wildman–Crippen MR) is 63.0 cm³/mol. The lowest BCUT2D eigenvalue weighted by molar-refractivity contribution is 0.669. The van der Waals surface area contributed by atoms with Crippen LogP contribution in [0.1, 0.15) is 16.1 Å². The Morgan fingerprint density at radius 3 is 3.00 bits per heavy atom. The molecule has 0 bridgehead atoms. The highest BCUT2D eigenvalue weighted by Crippen LogP contribution is 2.13. The summed E-state index contributed by atoms with van der Waals surface area (Å²) >= 11 is 1.76. The summed E-state index contributed by atoms with van der Waals surface area (Å²) in [6, 6.07) is 4.38. The van der Waals surface area contributed by atoms with Gasteiger partial charge in [-0.25, -0.2) is 0 Å². The first-order valence-corrected chi connectivity index (χ1v) is 5.90. The average Bonchev–Trinajstić information content (AvgIpc) is 2.79. The second-order valence-electron chi connectivity index (χ2n) is 3.77. The molecule has 0 amide bonds. The maximum Gasteiger partial charge on any atom is 0.0522 e. The summed E-state index contributed by atoms with van der Waals surface area (Å²) in [7, 11) is 0. The van der Waals surface area contributed by atoms with Gasteiger partial charge in [0, 0.05) is 16.6 Å². The number of nitrogens with one attached hydrogen (secondary N) is 1. The van der Waals surface area contributed by atoms with Crippen LogP contribution >= 0.6 is 11.3 Å². The van der Waals surface area contributed by atoms with Gasteiger partial charge in [-0.1, -0.05) is 6.07 Å². The summed E-state index contributed by atoms with van der Waals surface area (Å²) < 4.78 is 0. The standard InChI is InChI=1S/C11H15N3S/c1-8-9(7-13-14-8)5-10(12)6-11-3-2-4-15-11/h2-4,7,10H,5-6,12H2,1H3,(H,13,14). The molecule has 1 unspecified atom stereocenters. The number of aromatic amines is 1. The lowest BCUT2D eigenvalue weighted by atomic mass is 10.0. The zero-order valence-electron chi connectivity index (χ0n) is 8.73. The fraction of sp³-hybridized carbons (Fsp3) is 0.364. The fourth-order valence-electron chi connectivity index (χ4n) is 1.62. The van der Waals surface area contributed by atoms with Gasteiger partial charge < -0.3 is 5.73 Å². The minimum absolute atomic E-state index is 0.181. The Bertz CT molecular complexity index is 405. The van der Waals surface area contributed by atoms with Crippen LogP contribution in [0.2, 0.25) is 0 Å². The smallest absolute Gasteiger partial charge is 0.0522 e. The van der Waals surface area contributed by atoms with E-state index in [-0.39, 0.29) is 6.04 Å². The maximum atomic E-state index is 6.09. The molecule has 2 aromatic heterocycles. The lowest BCUT2D eigenvalue weighted by Crippen LogP contribution is -2.25. The molecule has 0 aliphatic heterocycles. The van der Waals surface area contributed by atoms with Crippen molar-refractivity contribution >= 4 is 11.3 Å². The molecule has 80 valence electrons. The van der Waals surface area contributed by atoms with Gasteiger partial charge in [-0.15, -0.1) is 11.3 Å². The largest absolute Gasteiger partial charge is 0.327 e. The van der Waals surface area contributed by atoms with E-state index in [1.165, 1.54) is 10.4 Å². The summed E-state index contributed by atoms with van der Waals surface area (Å²) in [5.74, 6) is 0. The molecule has 0 aliphatic carbocycles. The minimum Gasteiger partial charge on any atom is -0.327 e. The normalized spacial score (nSPS) is 12.9. The van der Waals surface area contributed by atoms with Crippen molar-refractivity contribution in [3.05, 3.63) is 39.8 Å². The van der Waals surface area contributed by atoms with Crippen molar-refractivity contribution in [2.24, 2.45) is 5.73 Å². The van der Waals surface area contributed by atoms with E-state index in [4.69, 9.17) is 5.73 Å². The van der Waals surface area contributed by atoms with E-state index in [2.05, 4.69) is 27.7 Å². The number of nitrogens with two attached hydrogens (primary N) is 1. The van der Waals surface area contributed by atoms with Gasteiger partial charge in [0.2, 0.25) is 0 Å². The predicted octanol–water partition coefficient (Wildman–Crippen LogP) is 1.89. The Balaban J connectivity index is 1.93.